The van der Waals surface area contributed by atoms with E-state index in [2.05, 4.69) is 4.98 Å². The fourth-order valence-corrected chi connectivity index (χ4v) is 2.95. The lowest BCUT2D eigenvalue weighted by Crippen LogP contribution is -2.29. The van der Waals surface area contributed by atoms with Crippen LogP contribution in [0.25, 0.3) is 0 Å². The van der Waals surface area contributed by atoms with Crippen molar-refractivity contribution in [3.8, 4) is 0 Å². The van der Waals surface area contributed by atoms with E-state index in [4.69, 9.17) is 10.5 Å². The molecule has 9 heteroatoms. The molecule has 0 bridgehead atoms. The lowest BCUT2D eigenvalue weighted by atomic mass is 10.1. The van der Waals surface area contributed by atoms with Gasteiger partial charge in [-0.25, -0.2) is 9.78 Å². The molecule has 1 heterocycles. The average Bonchev–Trinajstić information content (AvgIpc) is 3.04. The minimum Gasteiger partial charge on any atom is -0.461 e. The molecule has 0 unspecified atom stereocenters. The number of thiazole rings is 1. The van der Waals surface area contributed by atoms with E-state index in [1.165, 1.54) is 23.5 Å². The van der Waals surface area contributed by atoms with Gasteiger partial charge in [-0.15, -0.1) is 11.3 Å². The molecule has 1 aromatic carbocycles. The molecule has 0 aliphatic rings. The summed E-state index contributed by atoms with van der Waals surface area (Å²) >= 11 is 1.26. The number of hydrogen-bond acceptors (Lipinski definition) is 6. The normalized spacial score (nSPS) is 11.4. The molecule has 0 aliphatic carbocycles. The first kappa shape index (κ1) is 19.2. The summed E-state index contributed by atoms with van der Waals surface area (Å²) in [4.78, 5) is 17.8. The molecule has 136 valence electrons. The number of hydrogen-bond donors (Lipinski definition) is 1. The molecule has 0 amide bonds. The van der Waals surface area contributed by atoms with Crippen LogP contribution in [0, 0.1) is 0 Å². The highest BCUT2D eigenvalue weighted by molar-refractivity contribution is 7.13. The predicted molar refractivity (Wildman–Crippen MR) is 89.6 cm³/mol. The van der Waals surface area contributed by atoms with Crippen molar-refractivity contribution in [1.29, 1.82) is 0 Å². The van der Waals surface area contributed by atoms with E-state index >= 15 is 0 Å². The fourth-order valence-electron chi connectivity index (χ4n) is 2.13. The summed E-state index contributed by atoms with van der Waals surface area (Å²) < 4.78 is 42.8. The van der Waals surface area contributed by atoms with Gasteiger partial charge in [-0.3, -0.25) is 0 Å². The van der Waals surface area contributed by atoms with Gasteiger partial charge in [0.05, 0.1) is 12.2 Å². The second-order valence-corrected chi connectivity index (χ2v) is 5.98. The van der Waals surface area contributed by atoms with Crippen molar-refractivity contribution in [2.45, 2.75) is 19.6 Å². The van der Waals surface area contributed by atoms with E-state index < -0.39 is 17.7 Å². The van der Waals surface area contributed by atoms with Crippen molar-refractivity contribution in [2.24, 2.45) is 5.73 Å². The van der Waals surface area contributed by atoms with Gasteiger partial charge in [-0.1, -0.05) is 12.1 Å². The predicted octanol–water partition coefficient (Wildman–Crippen LogP) is 3.30. The van der Waals surface area contributed by atoms with Crippen LogP contribution in [0.3, 0.4) is 0 Å². The Morgan fingerprint density at radius 1 is 1.32 bits per heavy atom. The monoisotopic (exact) mass is 373 g/mol. The first-order valence-corrected chi connectivity index (χ1v) is 8.47. The standard InChI is InChI=1S/C16H18F3N3O2S/c1-2-24-14(23)13-10-25-15(21-13)22(8-7-20)9-11-3-5-12(6-4-11)16(17,18)19/h3-6,10H,2,7-9,20H2,1H3. The Balaban J connectivity index is 2.14. The zero-order valence-electron chi connectivity index (χ0n) is 13.5. The third-order valence-corrected chi connectivity index (χ3v) is 4.20. The quantitative estimate of drug-likeness (QED) is 0.754. The van der Waals surface area contributed by atoms with Crippen LogP contribution < -0.4 is 10.6 Å². The number of nitrogens with two attached hydrogens (primary N) is 1. The van der Waals surface area contributed by atoms with Crippen molar-refractivity contribution < 1.29 is 22.7 Å². The first-order valence-electron chi connectivity index (χ1n) is 7.59. The fraction of sp³-hybridized carbons (Fsp3) is 0.375. The Hall–Kier alpha value is -2.13. The molecule has 0 fully saturated rings. The van der Waals surface area contributed by atoms with Crippen LogP contribution in [-0.2, 0) is 17.5 Å². The van der Waals surface area contributed by atoms with Gasteiger partial charge in [0.15, 0.2) is 10.8 Å². The molecule has 0 saturated heterocycles. The van der Waals surface area contributed by atoms with Gasteiger partial charge in [0.25, 0.3) is 0 Å². The molecular formula is C16H18F3N3O2S. The first-order chi connectivity index (χ1) is 11.8. The summed E-state index contributed by atoms with van der Waals surface area (Å²) in [6, 6.07) is 4.93. The summed E-state index contributed by atoms with van der Waals surface area (Å²) in [7, 11) is 0. The van der Waals surface area contributed by atoms with E-state index in [1.54, 1.807) is 12.3 Å². The molecule has 1 aromatic heterocycles. The molecule has 2 rings (SSSR count). The zero-order valence-corrected chi connectivity index (χ0v) is 14.4. The van der Waals surface area contributed by atoms with Crippen LogP contribution in [0.4, 0.5) is 18.3 Å². The maximum atomic E-state index is 12.6. The van der Waals surface area contributed by atoms with Gasteiger partial charge in [-0.05, 0) is 24.6 Å². The van der Waals surface area contributed by atoms with Gasteiger partial charge >= 0.3 is 12.1 Å². The number of carbonyl (C=O) groups excluding carboxylic acids is 1. The number of alkyl halides is 3. The van der Waals surface area contributed by atoms with Gasteiger partial charge in [0.1, 0.15) is 0 Å². The Bertz CT molecular complexity index is 701. The highest BCUT2D eigenvalue weighted by atomic mass is 32.1. The molecule has 0 spiro atoms. The molecule has 5 nitrogen and oxygen atoms in total. The number of nitrogens with zero attached hydrogens (tertiary/aromatic N) is 2. The topological polar surface area (TPSA) is 68.5 Å². The summed E-state index contributed by atoms with van der Waals surface area (Å²) in [6.45, 7) is 3.09. The lowest BCUT2D eigenvalue weighted by Gasteiger charge is -2.21. The summed E-state index contributed by atoms with van der Waals surface area (Å²) in [5.74, 6) is -0.507. The molecule has 2 N–H and O–H groups in total. The SMILES string of the molecule is CCOC(=O)c1csc(N(CCN)Cc2ccc(C(F)(F)F)cc2)n1. The van der Waals surface area contributed by atoms with E-state index in [1.807, 2.05) is 4.90 Å². The maximum Gasteiger partial charge on any atom is 0.416 e. The van der Waals surface area contributed by atoms with Gasteiger partial charge in [-0.2, -0.15) is 13.2 Å². The molecule has 25 heavy (non-hydrogen) atoms. The largest absolute Gasteiger partial charge is 0.461 e. The second kappa shape index (κ2) is 8.30. The van der Waals surface area contributed by atoms with E-state index in [0.29, 0.717) is 30.3 Å². The van der Waals surface area contributed by atoms with Crippen molar-refractivity contribution in [3.63, 3.8) is 0 Å². The summed E-state index contributed by atoms with van der Waals surface area (Å²) in [5, 5.41) is 2.15. The summed E-state index contributed by atoms with van der Waals surface area (Å²) in [5.41, 5.74) is 5.81. The van der Waals surface area contributed by atoms with Crippen molar-refractivity contribution >= 4 is 22.4 Å². The minimum absolute atomic E-state index is 0.205. The molecular weight excluding hydrogens is 355 g/mol. The van der Waals surface area contributed by atoms with Crippen molar-refractivity contribution in [1.82, 2.24) is 4.98 Å². The number of halogens is 3. The van der Waals surface area contributed by atoms with Gasteiger partial charge in [0.2, 0.25) is 0 Å². The third kappa shape index (κ3) is 5.17. The van der Waals surface area contributed by atoms with Crippen LogP contribution in [-0.4, -0.2) is 30.6 Å². The van der Waals surface area contributed by atoms with Gasteiger partial charge < -0.3 is 15.4 Å². The van der Waals surface area contributed by atoms with Crippen LogP contribution in [0.2, 0.25) is 0 Å². The van der Waals surface area contributed by atoms with Crippen LogP contribution >= 0.6 is 11.3 Å². The Morgan fingerprint density at radius 2 is 2.00 bits per heavy atom. The van der Waals surface area contributed by atoms with Crippen LogP contribution in [0.15, 0.2) is 29.6 Å². The van der Waals surface area contributed by atoms with E-state index in [9.17, 15) is 18.0 Å². The smallest absolute Gasteiger partial charge is 0.416 e. The number of carbonyl (C=O) groups is 1. The van der Waals surface area contributed by atoms with E-state index in [0.717, 1.165) is 12.1 Å². The van der Waals surface area contributed by atoms with E-state index in [-0.39, 0.29) is 12.3 Å². The second-order valence-electron chi connectivity index (χ2n) is 5.14. The van der Waals surface area contributed by atoms with Crippen molar-refractivity contribution in [2.75, 3.05) is 24.6 Å². The lowest BCUT2D eigenvalue weighted by molar-refractivity contribution is -0.137. The Labute approximate surface area is 147 Å². The number of rotatable bonds is 7. The number of esters is 1. The van der Waals surface area contributed by atoms with Gasteiger partial charge in [0, 0.05) is 25.0 Å². The molecule has 0 aliphatic heterocycles. The minimum atomic E-state index is -4.36. The number of anilines is 1. The third-order valence-electron chi connectivity index (χ3n) is 3.30. The highest BCUT2D eigenvalue weighted by Gasteiger charge is 2.30. The summed E-state index contributed by atoms with van der Waals surface area (Å²) in [6.07, 6.45) is -4.36. The Kier molecular flexibility index (Phi) is 6.38. The highest BCUT2D eigenvalue weighted by Crippen LogP contribution is 2.29. The maximum absolute atomic E-state index is 12.6. The van der Waals surface area contributed by atoms with Crippen molar-refractivity contribution in [3.05, 3.63) is 46.5 Å². The van der Waals surface area contributed by atoms with Crippen LogP contribution in [0.5, 0.6) is 0 Å². The number of aromatic nitrogens is 1. The Morgan fingerprint density at radius 3 is 2.56 bits per heavy atom. The molecule has 0 radical (unpaired) electrons. The zero-order chi connectivity index (χ0) is 18.4. The number of ether oxygens (including phenoxy) is 1. The average molecular weight is 373 g/mol. The number of benzene rings is 1. The van der Waals surface area contributed by atoms with Crippen LogP contribution in [0.1, 0.15) is 28.5 Å². The molecule has 0 atom stereocenters. The molecule has 0 saturated carbocycles. The molecule has 2 aromatic rings.